The van der Waals surface area contributed by atoms with Crippen LogP contribution in [0.3, 0.4) is 0 Å². The average Bonchev–Trinajstić information content (AvgIpc) is 2.43. The molecule has 1 heterocycles. The summed E-state index contributed by atoms with van der Waals surface area (Å²) in [6.45, 7) is 0. The van der Waals surface area contributed by atoms with Crippen molar-refractivity contribution in [3.63, 3.8) is 0 Å². The molecule has 2 rings (SSSR count). The van der Waals surface area contributed by atoms with E-state index in [9.17, 15) is 13.8 Å². The first kappa shape index (κ1) is 9.81. The Kier molecular flexibility index (Phi) is 2.25. The molecule has 0 bridgehead atoms. The van der Waals surface area contributed by atoms with Crippen LogP contribution in [-0.4, -0.2) is 20.6 Å². The lowest BCUT2D eigenvalue weighted by molar-refractivity contribution is 0.0880. The third kappa shape index (κ3) is 1.62. The molecule has 0 saturated carbocycles. The van der Waals surface area contributed by atoms with Crippen LogP contribution in [0.5, 0.6) is 0 Å². The van der Waals surface area contributed by atoms with E-state index >= 15 is 0 Å². The third-order valence-electron chi connectivity index (χ3n) is 1.96. The summed E-state index contributed by atoms with van der Waals surface area (Å²) in [4.78, 5) is 22.5. The summed E-state index contributed by atoms with van der Waals surface area (Å²) in [6, 6.07) is 4.44. The number of fused-ring (bicyclic) bond motifs is 1. The van der Waals surface area contributed by atoms with Crippen LogP contribution < -0.4 is 10.0 Å². The van der Waals surface area contributed by atoms with Gasteiger partial charge in [-0.1, -0.05) is 6.07 Å². The van der Waals surface area contributed by atoms with Gasteiger partial charge in [0.15, 0.2) is 0 Å². The monoisotopic (exact) mass is 226 g/mol. The first-order valence-corrected chi connectivity index (χ1v) is 5.06. The van der Waals surface area contributed by atoms with Crippen molar-refractivity contribution < 1.29 is 18.4 Å². The fraction of sp³-hybridized carbons (Fsp3) is 0. The van der Waals surface area contributed by atoms with E-state index in [1.165, 1.54) is 18.2 Å². The summed E-state index contributed by atoms with van der Waals surface area (Å²) < 4.78 is 21.3. The first-order valence-electron chi connectivity index (χ1n) is 3.96. The van der Waals surface area contributed by atoms with E-state index < -0.39 is 23.1 Å². The van der Waals surface area contributed by atoms with Crippen LogP contribution in [0.1, 0.15) is 20.7 Å². The summed E-state index contributed by atoms with van der Waals surface area (Å²) in [7, 11) is 0. The van der Waals surface area contributed by atoms with Crippen molar-refractivity contribution in [3.8, 4) is 0 Å². The van der Waals surface area contributed by atoms with Gasteiger partial charge < -0.3 is 0 Å². The zero-order valence-corrected chi connectivity index (χ0v) is 8.13. The summed E-state index contributed by atoms with van der Waals surface area (Å²) in [5.41, 5.74) is 0.469. The standard InChI is InChI=1S/C8H6N2O4S/c11-7-4-2-1-3-5(10-15(13)14)6(4)8(12)9-7/h1-3,10H,(H,13,14)(H,9,11,12). The topological polar surface area (TPSA) is 95.5 Å². The number of hydrogen-bond donors (Lipinski definition) is 3. The van der Waals surface area contributed by atoms with Crippen molar-refractivity contribution in [2.45, 2.75) is 0 Å². The molecule has 0 fully saturated rings. The van der Waals surface area contributed by atoms with E-state index in [2.05, 4.69) is 10.0 Å². The number of benzene rings is 1. The number of carbonyl (C=O) groups excluding carboxylic acids is 2. The van der Waals surface area contributed by atoms with Crippen LogP contribution >= 0.6 is 0 Å². The summed E-state index contributed by atoms with van der Waals surface area (Å²) in [5.74, 6) is -1.06. The Morgan fingerprint density at radius 1 is 1.27 bits per heavy atom. The molecule has 0 radical (unpaired) electrons. The van der Waals surface area contributed by atoms with Gasteiger partial charge in [-0.05, 0) is 12.1 Å². The minimum absolute atomic E-state index is 0.102. The zero-order valence-electron chi connectivity index (χ0n) is 7.31. The van der Waals surface area contributed by atoms with Gasteiger partial charge in [0.2, 0.25) is 0 Å². The molecule has 15 heavy (non-hydrogen) atoms. The number of carbonyl (C=O) groups is 2. The quantitative estimate of drug-likeness (QED) is 0.493. The highest BCUT2D eigenvalue weighted by molar-refractivity contribution is 7.80. The molecule has 1 aliphatic heterocycles. The lowest BCUT2D eigenvalue weighted by atomic mass is 10.1. The van der Waals surface area contributed by atoms with Gasteiger partial charge in [0.25, 0.3) is 23.1 Å². The van der Waals surface area contributed by atoms with Gasteiger partial charge in [-0.15, -0.1) is 0 Å². The molecule has 0 aliphatic carbocycles. The van der Waals surface area contributed by atoms with Gasteiger partial charge in [-0.25, -0.2) is 4.21 Å². The molecule has 0 saturated heterocycles. The maximum absolute atomic E-state index is 11.3. The molecule has 1 atom stereocenters. The lowest BCUT2D eigenvalue weighted by Crippen LogP contribution is -2.20. The van der Waals surface area contributed by atoms with Crippen LogP contribution in [0.2, 0.25) is 0 Å². The smallest absolute Gasteiger partial charge is 0.261 e. The van der Waals surface area contributed by atoms with Gasteiger partial charge in [0, 0.05) is 0 Å². The second kappa shape index (κ2) is 3.44. The van der Waals surface area contributed by atoms with E-state index in [4.69, 9.17) is 4.55 Å². The molecule has 1 aromatic rings. The Hall–Kier alpha value is -1.73. The van der Waals surface area contributed by atoms with Gasteiger partial charge >= 0.3 is 0 Å². The second-order valence-electron chi connectivity index (χ2n) is 2.86. The van der Waals surface area contributed by atoms with Gasteiger partial charge in [0.05, 0.1) is 16.8 Å². The molecule has 0 aromatic heterocycles. The molecule has 1 aromatic carbocycles. The fourth-order valence-corrected chi connectivity index (χ4v) is 1.76. The number of rotatable bonds is 2. The third-order valence-corrected chi connectivity index (χ3v) is 2.36. The number of amides is 2. The van der Waals surface area contributed by atoms with Crippen LogP contribution in [-0.2, 0) is 11.3 Å². The minimum atomic E-state index is -2.28. The average molecular weight is 226 g/mol. The van der Waals surface area contributed by atoms with Crippen molar-refractivity contribution in [3.05, 3.63) is 29.3 Å². The number of hydrogen-bond acceptors (Lipinski definition) is 3. The van der Waals surface area contributed by atoms with Crippen molar-refractivity contribution in [2.24, 2.45) is 0 Å². The van der Waals surface area contributed by atoms with E-state index in [1.807, 2.05) is 0 Å². The van der Waals surface area contributed by atoms with Crippen LogP contribution in [0, 0.1) is 0 Å². The Morgan fingerprint density at radius 3 is 2.67 bits per heavy atom. The Morgan fingerprint density at radius 2 is 2.00 bits per heavy atom. The van der Waals surface area contributed by atoms with E-state index in [0.717, 1.165) is 0 Å². The van der Waals surface area contributed by atoms with Crippen molar-refractivity contribution in [1.29, 1.82) is 0 Å². The van der Waals surface area contributed by atoms with Gasteiger partial charge in [-0.3, -0.25) is 24.2 Å². The van der Waals surface area contributed by atoms with E-state index in [-0.39, 0.29) is 16.8 Å². The van der Waals surface area contributed by atoms with E-state index in [0.29, 0.717) is 0 Å². The second-order valence-corrected chi connectivity index (χ2v) is 3.57. The highest BCUT2D eigenvalue weighted by atomic mass is 32.2. The summed E-state index contributed by atoms with van der Waals surface area (Å²) in [5, 5.41) is 2.10. The SMILES string of the molecule is O=C1NC(=O)c2c(NS(=O)O)cccc21. The van der Waals surface area contributed by atoms with Crippen LogP contribution in [0.4, 0.5) is 5.69 Å². The molecule has 6 nitrogen and oxygen atoms in total. The highest BCUT2D eigenvalue weighted by Crippen LogP contribution is 2.24. The Labute approximate surface area is 87.1 Å². The first-order chi connectivity index (χ1) is 7.09. The molecule has 78 valence electrons. The molecular weight excluding hydrogens is 220 g/mol. The van der Waals surface area contributed by atoms with E-state index in [1.54, 1.807) is 0 Å². The predicted octanol–water partition coefficient (Wildman–Crippen LogP) is 0.119. The molecule has 7 heteroatoms. The van der Waals surface area contributed by atoms with Crippen LogP contribution in [0.15, 0.2) is 18.2 Å². The maximum Gasteiger partial charge on any atom is 0.261 e. The number of nitrogens with one attached hydrogen (secondary N) is 2. The molecule has 1 aliphatic rings. The molecular formula is C8H6N2O4S. The highest BCUT2D eigenvalue weighted by Gasteiger charge is 2.29. The Balaban J connectivity index is 2.55. The number of anilines is 1. The Bertz CT molecular complexity index is 486. The fourth-order valence-electron chi connectivity index (χ4n) is 1.40. The largest absolute Gasteiger partial charge is 0.289 e. The molecule has 3 N–H and O–H groups in total. The summed E-state index contributed by atoms with van der Waals surface area (Å²) in [6.07, 6.45) is 0. The summed E-state index contributed by atoms with van der Waals surface area (Å²) >= 11 is -2.28. The molecule has 0 spiro atoms. The minimum Gasteiger partial charge on any atom is -0.289 e. The van der Waals surface area contributed by atoms with Gasteiger partial charge in [0.1, 0.15) is 0 Å². The van der Waals surface area contributed by atoms with Gasteiger partial charge in [-0.2, -0.15) is 0 Å². The predicted molar refractivity (Wildman–Crippen MR) is 52.6 cm³/mol. The maximum atomic E-state index is 11.3. The van der Waals surface area contributed by atoms with Crippen molar-refractivity contribution in [2.75, 3.05) is 4.72 Å². The molecule has 2 amide bonds. The number of imide groups is 1. The van der Waals surface area contributed by atoms with Crippen LogP contribution in [0.25, 0.3) is 0 Å². The van der Waals surface area contributed by atoms with Crippen molar-refractivity contribution in [1.82, 2.24) is 5.32 Å². The lowest BCUT2D eigenvalue weighted by Gasteiger charge is -2.04. The van der Waals surface area contributed by atoms with Crippen molar-refractivity contribution >= 4 is 28.8 Å². The molecule has 1 unspecified atom stereocenters. The normalized spacial score (nSPS) is 15.8. The zero-order chi connectivity index (χ0) is 11.0.